The normalized spacial score (nSPS) is 44.2. The molecule has 0 spiro atoms. The van der Waals surface area contributed by atoms with Crippen molar-refractivity contribution in [2.75, 3.05) is 6.54 Å². The average Bonchev–Trinajstić information content (AvgIpc) is 2.10. The fraction of sp³-hybridized carbons (Fsp3) is 0.875. The first-order valence-electron chi connectivity index (χ1n) is 3.70. The van der Waals surface area contributed by atoms with Crippen LogP contribution in [0, 0.1) is 17.3 Å². The molecule has 0 radical (unpaired) electrons. The van der Waals surface area contributed by atoms with E-state index in [4.69, 9.17) is 0 Å². The fourth-order valence-electron chi connectivity index (χ4n) is 2.17. The van der Waals surface area contributed by atoms with Crippen molar-refractivity contribution >= 4 is 6.21 Å². The Bertz CT molecular complexity index is 158. The van der Waals surface area contributed by atoms with Crippen LogP contribution in [-0.2, 0) is 0 Å². The molecular weight excluding hydrogens is 110 g/mol. The van der Waals surface area contributed by atoms with Gasteiger partial charge in [0.2, 0.25) is 0 Å². The maximum absolute atomic E-state index is 4.28. The summed E-state index contributed by atoms with van der Waals surface area (Å²) in [6, 6.07) is 0. The van der Waals surface area contributed by atoms with Crippen molar-refractivity contribution in [3.63, 3.8) is 0 Å². The van der Waals surface area contributed by atoms with E-state index in [-0.39, 0.29) is 0 Å². The minimum Gasteiger partial charge on any atom is -0.297 e. The molecule has 0 aromatic heterocycles. The number of hydrogen-bond acceptors (Lipinski definition) is 1. The fourth-order valence-corrected chi connectivity index (χ4v) is 2.17. The zero-order valence-electron chi connectivity index (χ0n) is 6.09. The van der Waals surface area contributed by atoms with Gasteiger partial charge in [0.05, 0.1) is 0 Å². The number of aliphatic imine (C=N–C) groups is 1. The molecule has 0 aromatic rings. The molecular formula is C8H13N. The second-order valence-corrected chi connectivity index (χ2v) is 3.98. The second-order valence-electron chi connectivity index (χ2n) is 3.98. The second kappa shape index (κ2) is 1.39. The topological polar surface area (TPSA) is 12.4 Å². The van der Waals surface area contributed by atoms with Crippen LogP contribution in [0.25, 0.3) is 0 Å². The lowest BCUT2D eigenvalue weighted by atomic mass is 9.57. The van der Waals surface area contributed by atoms with E-state index in [1.54, 1.807) is 0 Å². The summed E-state index contributed by atoms with van der Waals surface area (Å²) in [4.78, 5) is 4.28. The Balaban J connectivity index is 2.13. The largest absolute Gasteiger partial charge is 0.297 e. The van der Waals surface area contributed by atoms with E-state index < -0.39 is 0 Å². The van der Waals surface area contributed by atoms with Gasteiger partial charge < -0.3 is 0 Å². The van der Waals surface area contributed by atoms with Gasteiger partial charge in [0.25, 0.3) is 0 Å². The first-order chi connectivity index (χ1) is 4.20. The third-order valence-electron chi connectivity index (χ3n) is 2.88. The van der Waals surface area contributed by atoms with E-state index in [9.17, 15) is 0 Å². The van der Waals surface area contributed by atoms with Gasteiger partial charge in [0.15, 0.2) is 0 Å². The van der Waals surface area contributed by atoms with Crippen molar-refractivity contribution in [1.82, 2.24) is 0 Å². The Morgan fingerprint density at radius 1 is 1.56 bits per heavy atom. The molecule has 2 rings (SSSR count). The maximum Gasteiger partial charge on any atom is 0.0425 e. The standard InChI is InChI=1S/C8H13N/c1-8(2)3-6-4-9-5-7(6)8/h4,6-7H,3,5H2,1-2H3/t6-,7+/m1/s1. The van der Waals surface area contributed by atoms with Gasteiger partial charge in [-0.3, -0.25) is 4.99 Å². The molecule has 1 aliphatic carbocycles. The van der Waals surface area contributed by atoms with Crippen LogP contribution in [0.1, 0.15) is 20.3 Å². The van der Waals surface area contributed by atoms with Crippen LogP contribution in [0.4, 0.5) is 0 Å². The van der Waals surface area contributed by atoms with Crippen molar-refractivity contribution in [2.24, 2.45) is 22.2 Å². The third kappa shape index (κ3) is 0.577. The molecule has 1 aliphatic heterocycles. The summed E-state index contributed by atoms with van der Waals surface area (Å²) < 4.78 is 0. The van der Waals surface area contributed by atoms with E-state index in [1.165, 1.54) is 6.42 Å². The lowest BCUT2D eigenvalue weighted by molar-refractivity contribution is 0.0509. The first kappa shape index (κ1) is 5.45. The average molecular weight is 123 g/mol. The van der Waals surface area contributed by atoms with E-state index in [1.807, 2.05) is 0 Å². The van der Waals surface area contributed by atoms with E-state index in [2.05, 4.69) is 25.1 Å². The first-order valence-corrected chi connectivity index (χ1v) is 3.70. The van der Waals surface area contributed by atoms with Crippen LogP contribution in [-0.4, -0.2) is 12.8 Å². The molecule has 0 bridgehead atoms. The molecule has 0 amide bonds. The monoisotopic (exact) mass is 123 g/mol. The van der Waals surface area contributed by atoms with Crippen molar-refractivity contribution < 1.29 is 0 Å². The highest BCUT2D eigenvalue weighted by atomic mass is 14.8. The van der Waals surface area contributed by atoms with Gasteiger partial charge in [-0.25, -0.2) is 0 Å². The predicted molar refractivity (Wildman–Crippen MR) is 38.7 cm³/mol. The molecule has 0 N–H and O–H groups in total. The molecule has 0 saturated heterocycles. The quantitative estimate of drug-likeness (QED) is 0.465. The molecule has 1 heteroatoms. The van der Waals surface area contributed by atoms with E-state index >= 15 is 0 Å². The van der Waals surface area contributed by atoms with Gasteiger partial charge in [0, 0.05) is 12.8 Å². The summed E-state index contributed by atoms with van der Waals surface area (Å²) in [6.07, 6.45) is 3.51. The van der Waals surface area contributed by atoms with Gasteiger partial charge >= 0.3 is 0 Å². The van der Waals surface area contributed by atoms with Crippen LogP contribution in [0.2, 0.25) is 0 Å². The minimum atomic E-state index is 0.598. The van der Waals surface area contributed by atoms with Gasteiger partial charge in [-0.2, -0.15) is 0 Å². The summed E-state index contributed by atoms with van der Waals surface area (Å²) in [5.41, 5.74) is 0.598. The lowest BCUT2D eigenvalue weighted by Crippen LogP contribution is -2.43. The zero-order valence-corrected chi connectivity index (χ0v) is 6.09. The van der Waals surface area contributed by atoms with Crippen molar-refractivity contribution in [3.05, 3.63) is 0 Å². The molecule has 1 heterocycles. The zero-order chi connectivity index (χ0) is 6.48. The summed E-state index contributed by atoms with van der Waals surface area (Å²) >= 11 is 0. The Morgan fingerprint density at radius 3 is 2.78 bits per heavy atom. The Labute approximate surface area is 56.2 Å². The highest BCUT2D eigenvalue weighted by molar-refractivity contribution is 5.65. The van der Waals surface area contributed by atoms with Crippen LogP contribution in [0.5, 0.6) is 0 Å². The smallest absolute Gasteiger partial charge is 0.0425 e. The maximum atomic E-state index is 4.28. The van der Waals surface area contributed by atoms with Crippen molar-refractivity contribution in [3.8, 4) is 0 Å². The van der Waals surface area contributed by atoms with Gasteiger partial charge in [0.1, 0.15) is 0 Å². The molecule has 2 atom stereocenters. The molecule has 1 nitrogen and oxygen atoms in total. The van der Waals surface area contributed by atoms with Crippen molar-refractivity contribution in [1.29, 1.82) is 0 Å². The summed E-state index contributed by atoms with van der Waals surface area (Å²) in [7, 11) is 0. The molecule has 1 fully saturated rings. The number of nitrogens with zero attached hydrogens (tertiary/aromatic N) is 1. The number of hydrogen-bond donors (Lipinski definition) is 0. The van der Waals surface area contributed by atoms with Gasteiger partial charge in [-0.15, -0.1) is 0 Å². The molecule has 9 heavy (non-hydrogen) atoms. The Morgan fingerprint density at radius 2 is 2.33 bits per heavy atom. The summed E-state index contributed by atoms with van der Waals surface area (Å²) in [6.45, 7) is 5.80. The molecule has 1 saturated carbocycles. The van der Waals surface area contributed by atoms with Crippen LogP contribution < -0.4 is 0 Å². The third-order valence-corrected chi connectivity index (χ3v) is 2.88. The number of fused-ring (bicyclic) bond motifs is 1. The number of rotatable bonds is 0. The van der Waals surface area contributed by atoms with Crippen LogP contribution in [0.3, 0.4) is 0 Å². The highest BCUT2D eigenvalue weighted by Gasteiger charge is 2.47. The minimum absolute atomic E-state index is 0.598. The predicted octanol–water partition coefficient (Wildman–Crippen LogP) is 1.73. The Hall–Kier alpha value is -0.330. The molecule has 50 valence electrons. The van der Waals surface area contributed by atoms with Crippen LogP contribution >= 0.6 is 0 Å². The van der Waals surface area contributed by atoms with Gasteiger partial charge in [-0.1, -0.05) is 13.8 Å². The van der Waals surface area contributed by atoms with E-state index in [0.717, 1.165) is 18.4 Å². The summed E-state index contributed by atoms with van der Waals surface area (Å²) in [5, 5.41) is 0. The van der Waals surface area contributed by atoms with Crippen LogP contribution in [0.15, 0.2) is 4.99 Å². The van der Waals surface area contributed by atoms with Crippen molar-refractivity contribution in [2.45, 2.75) is 20.3 Å². The lowest BCUT2D eigenvalue weighted by Gasteiger charge is -2.46. The summed E-state index contributed by atoms with van der Waals surface area (Å²) in [5.74, 6) is 1.73. The molecule has 0 unspecified atom stereocenters. The van der Waals surface area contributed by atoms with E-state index in [0.29, 0.717) is 5.41 Å². The highest BCUT2D eigenvalue weighted by Crippen LogP contribution is 2.51. The Kier molecular flexibility index (Phi) is 0.842. The molecule has 2 aliphatic rings. The SMILES string of the molecule is CC1(C)C[C@@H]2C=NC[C@@H]21. The van der Waals surface area contributed by atoms with Gasteiger partial charge in [-0.05, 0) is 23.7 Å². The molecule has 0 aromatic carbocycles.